The van der Waals surface area contributed by atoms with Crippen LogP contribution in [0, 0.1) is 5.82 Å². The number of nitrogens with zero attached hydrogens (tertiary/aromatic N) is 2. The third kappa shape index (κ3) is 5.12. The molecule has 0 saturated carbocycles. The second kappa shape index (κ2) is 9.22. The lowest BCUT2D eigenvalue weighted by molar-refractivity contribution is -0.130. The van der Waals surface area contributed by atoms with Crippen LogP contribution in [0.3, 0.4) is 0 Å². The smallest absolute Gasteiger partial charge is 0.246 e. The standard InChI is InChI=1S/C22H24ClFN2O2/c1-16-14-25(15-18-3-7-19(24)8-4-18)11-12-26(16)22(27)10-6-17-5-9-20(23)21(13-17)28-2/h3-10,13,16H,11-12,14-15H2,1-2H3/t16-/m1/s1. The third-order valence-electron chi connectivity index (χ3n) is 4.91. The predicted molar refractivity (Wildman–Crippen MR) is 110 cm³/mol. The van der Waals surface area contributed by atoms with Gasteiger partial charge in [0.05, 0.1) is 12.1 Å². The number of benzene rings is 2. The second-order valence-electron chi connectivity index (χ2n) is 6.97. The summed E-state index contributed by atoms with van der Waals surface area (Å²) in [4.78, 5) is 16.8. The normalized spacial score (nSPS) is 17.9. The maximum Gasteiger partial charge on any atom is 0.246 e. The van der Waals surface area contributed by atoms with Crippen LogP contribution in [0.15, 0.2) is 48.5 Å². The van der Waals surface area contributed by atoms with Crippen LogP contribution in [0.5, 0.6) is 5.75 Å². The summed E-state index contributed by atoms with van der Waals surface area (Å²) in [5, 5.41) is 0.539. The summed E-state index contributed by atoms with van der Waals surface area (Å²) in [5.74, 6) is 0.347. The molecule has 3 rings (SSSR count). The number of ether oxygens (including phenoxy) is 1. The molecule has 4 nitrogen and oxygen atoms in total. The maximum atomic E-state index is 13.0. The molecular weight excluding hydrogens is 379 g/mol. The van der Waals surface area contributed by atoms with Crippen LogP contribution >= 0.6 is 11.6 Å². The topological polar surface area (TPSA) is 32.8 Å². The fourth-order valence-electron chi connectivity index (χ4n) is 3.40. The van der Waals surface area contributed by atoms with Gasteiger partial charge in [0, 0.05) is 38.3 Å². The molecule has 1 aliphatic rings. The van der Waals surface area contributed by atoms with Gasteiger partial charge in [0.1, 0.15) is 11.6 Å². The van der Waals surface area contributed by atoms with E-state index in [1.54, 1.807) is 43.5 Å². The molecule has 1 saturated heterocycles. The zero-order valence-electron chi connectivity index (χ0n) is 16.1. The molecule has 0 radical (unpaired) electrons. The highest BCUT2D eigenvalue weighted by Gasteiger charge is 2.26. The molecule has 2 aromatic carbocycles. The molecule has 1 heterocycles. The molecule has 1 fully saturated rings. The van der Waals surface area contributed by atoms with E-state index in [1.165, 1.54) is 12.1 Å². The Kier molecular flexibility index (Phi) is 6.70. The number of methoxy groups -OCH3 is 1. The minimum Gasteiger partial charge on any atom is -0.495 e. The minimum atomic E-state index is -0.224. The summed E-state index contributed by atoms with van der Waals surface area (Å²) in [6.45, 7) is 5.04. The molecular formula is C22H24ClFN2O2. The molecule has 0 bridgehead atoms. The summed E-state index contributed by atoms with van der Waals surface area (Å²) in [5.41, 5.74) is 1.93. The first-order valence-electron chi connectivity index (χ1n) is 9.25. The van der Waals surface area contributed by atoms with Crippen LogP contribution < -0.4 is 4.74 Å². The van der Waals surface area contributed by atoms with Gasteiger partial charge in [-0.3, -0.25) is 9.69 Å². The van der Waals surface area contributed by atoms with Crippen molar-refractivity contribution in [2.75, 3.05) is 26.7 Å². The molecule has 0 spiro atoms. The van der Waals surface area contributed by atoms with Crippen molar-refractivity contribution in [2.45, 2.75) is 19.5 Å². The highest BCUT2D eigenvalue weighted by atomic mass is 35.5. The molecule has 1 atom stereocenters. The average Bonchev–Trinajstić information content (AvgIpc) is 2.69. The lowest BCUT2D eigenvalue weighted by atomic mass is 10.1. The van der Waals surface area contributed by atoms with Crippen molar-refractivity contribution in [3.63, 3.8) is 0 Å². The number of rotatable bonds is 5. The van der Waals surface area contributed by atoms with Gasteiger partial charge in [0.2, 0.25) is 5.91 Å². The van der Waals surface area contributed by atoms with E-state index < -0.39 is 0 Å². The van der Waals surface area contributed by atoms with Gasteiger partial charge in [-0.05, 0) is 48.4 Å². The van der Waals surface area contributed by atoms with Gasteiger partial charge in [-0.25, -0.2) is 4.39 Å². The van der Waals surface area contributed by atoms with Crippen molar-refractivity contribution in [3.8, 4) is 5.75 Å². The Labute approximate surface area is 170 Å². The number of hydrogen-bond donors (Lipinski definition) is 0. The van der Waals surface area contributed by atoms with Crippen molar-refractivity contribution >= 4 is 23.6 Å². The van der Waals surface area contributed by atoms with E-state index in [0.717, 1.165) is 30.8 Å². The van der Waals surface area contributed by atoms with E-state index in [0.29, 0.717) is 17.3 Å². The Morgan fingerprint density at radius 2 is 2.00 bits per heavy atom. The van der Waals surface area contributed by atoms with Crippen LogP contribution in [-0.4, -0.2) is 48.5 Å². The summed E-state index contributed by atoms with van der Waals surface area (Å²) in [6.07, 6.45) is 3.37. The van der Waals surface area contributed by atoms with E-state index in [4.69, 9.17) is 16.3 Å². The van der Waals surface area contributed by atoms with Gasteiger partial charge in [-0.15, -0.1) is 0 Å². The molecule has 2 aromatic rings. The lowest BCUT2D eigenvalue weighted by Gasteiger charge is -2.39. The van der Waals surface area contributed by atoms with E-state index in [9.17, 15) is 9.18 Å². The maximum absolute atomic E-state index is 13.0. The molecule has 0 aromatic heterocycles. The van der Waals surface area contributed by atoms with Gasteiger partial charge >= 0.3 is 0 Å². The minimum absolute atomic E-state index is 0.0113. The Bertz CT molecular complexity index is 854. The Hall–Kier alpha value is -2.37. The zero-order valence-corrected chi connectivity index (χ0v) is 16.8. The van der Waals surface area contributed by atoms with E-state index in [1.807, 2.05) is 17.9 Å². The highest BCUT2D eigenvalue weighted by molar-refractivity contribution is 6.32. The molecule has 6 heteroatoms. The summed E-state index contributed by atoms with van der Waals surface area (Å²) in [6, 6.07) is 12.1. The van der Waals surface area contributed by atoms with Crippen molar-refractivity contribution in [1.29, 1.82) is 0 Å². The second-order valence-corrected chi connectivity index (χ2v) is 7.38. The predicted octanol–water partition coefficient (Wildman–Crippen LogP) is 4.23. The first-order valence-corrected chi connectivity index (χ1v) is 9.63. The summed E-state index contributed by atoms with van der Waals surface area (Å²) < 4.78 is 18.3. The van der Waals surface area contributed by atoms with Crippen molar-refractivity contribution in [3.05, 3.63) is 70.5 Å². The molecule has 1 aliphatic heterocycles. The fraction of sp³-hybridized carbons (Fsp3) is 0.318. The number of carbonyl (C=O) groups excluding carboxylic acids is 1. The molecule has 0 unspecified atom stereocenters. The first kappa shape index (κ1) is 20.4. The van der Waals surface area contributed by atoms with Gasteiger partial charge < -0.3 is 9.64 Å². The van der Waals surface area contributed by atoms with Gasteiger partial charge in [-0.2, -0.15) is 0 Å². The number of piperazine rings is 1. The van der Waals surface area contributed by atoms with E-state index in [2.05, 4.69) is 4.90 Å². The van der Waals surface area contributed by atoms with Gasteiger partial charge in [0.25, 0.3) is 0 Å². The quantitative estimate of drug-likeness (QED) is 0.701. The van der Waals surface area contributed by atoms with Crippen LogP contribution in [0.25, 0.3) is 6.08 Å². The average molecular weight is 403 g/mol. The van der Waals surface area contributed by atoms with Crippen LogP contribution in [0.4, 0.5) is 4.39 Å². The van der Waals surface area contributed by atoms with E-state index in [-0.39, 0.29) is 17.8 Å². The molecule has 148 valence electrons. The molecule has 28 heavy (non-hydrogen) atoms. The first-order chi connectivity index (χ1) is 13.5. The number of halogens is 2. The van der Waals surface area contributed by atoms with E-state index >= 15 is 0 Å². The van der Waals surface area contributed by atoms with Crippen LogP contribution in [-0.2, 0) is 11.3 Å². The summed E-state index contributed by atoms with van der Waals surface area (Å²) >= 11 is 6.03. The van der Waals surface area contributed by atoms with Crippen molar-refractivity contribution < 1.29 is 13.9 Å². The third-order valence-corrected chi connectivity index (χ3v) is 5.22. The van der Waals surface area contributed by atoms with Gasteiger partial charge in [-0.1, -0.05) is 29.8 Å². The van der Waals surface area contributed by atoms with Crippen LogP contribution in [0.2, 0.25) is 5.02 Å². The Morgan fingerprint density at radius 1 is 1.25 bits per heavy atom. The SMILES string of the molecule is COc1cc(C=CC(=O)N2CCN(Cc3ccc(F)cc3)C[C@H]2C)ccc1Cl. The van der Waals surface area contributed by atoms with Crippen molar-refractivity contribution in [2.24, 2.45) is 0 Å². The number of hydrogen-bond acceptors (Lipinski definition) is 3. The largest absolute Gasteiger partial charge is 0.495 e. The monoisotopic (exact) mass is 402 g/mol. The Morgan fingerprint density at radius 3 is 2.68 bits per heavy atom. The fourth-order valence-corrected chi connectivity index (χ4v) is 3.59. The molecule has 1 amide bonds. The highest BCUT2D eigenvalue weighted by Crippen LogP contribution is 2.25. The number of amides is 1. The summed E-state index contributed by atoms with van der Waals surface area (Å²) in [7, 11) is 1.56. The van der Waals surface area contributed by atoms with Crippen molar-refractivity contribution in [1.82, 2.24) is 9.80 Å². The lowest BCUT2D eigenvalue weighted by Crippen LogP contribution is -2.53. The van der Waals surface area contributed by atoms with Crippen LogP contribution in [0.1, 0.15) is 18.1 Å². The number of carbonyl (C=O) groups is 1. The molecule has 0 N–H and O–H groups in total. The Balaban J connectivity index is 1.57. The molecule has 0 aliphatic carbocycles. The zero-order chi connectivity index (χ0) is 20.1. The van der Waals surface area contributed by atoms with Gasteiger partial charge in [0.15, 0.2) is 0 Å².